The van der Waals surface area contributed by atoms with Gasteiger partial charge in [-0.15, -0.1) is 12.4 Å². The van der Waals surface area contributed by atoms with Crippen LogP contribution in [-0.2, 0) is 4.74 Å². The monoisotopic (exact) mass is 324 g/mol. The van der Waals surface area contributed by atoms with Crippen molar-refractivity contribution in [1.82, 2.24) is 0 Å². The van der Waals surface area contributed by atoms with E-state index in [1.165, 1.54) is 6.07 Å². The van der Waals surface area contributed by atoms with Crippen molar-refractivity contribution in [3.63, 3.8) is 0 Å². The molecule has 0 bridgehead atoms. The zero-order chi connectivity index (χ0) is 14.3. The van der Waals surface area contributed by atoms with E-state index in [0.717, 1.165) is 0 Å². The number of hydrogen-bond acceptors (Lipinski definition) is 6. The molecule has 0 aliphatic rings. The molecule has 0 saturated carbocycles. The molecule has 0 amide bonds. The molecule has 0 fully saturated rings. The van der Waals surface area contributed by atoms with Gasteiger partial charge in [0, 0.05) is 32.8 Å². The molecule has 9 heteroatoms. The Morgan fingerprint density at radius 3 is 2.55 bits per heavy atom. The molecular weight excluding hydrogens is 307 g/mol. The fourth-order valence-electron chi connectivity index (χ4n) is 1.49. The maximum atomic E-state index is 10.9. The molecule has 1 aromatic rings. The van der Waals surface area contributed by atoms with Crippen LogP contribution in [0.1, 0.15) is 0 Å². The number of nitrogens with zero attached hydrogens (tertiary/aromatic N) is 1. The van der Waals surface area contributed by atoms with Crippen molar-refractivity contribution in [2.24, 2.45) is 5.73 Å². The van der Waals surface area contributed by atoms with Crippen molar-refractivity contribution >= 4 is 41.1 Å². The number of nitro groups is 1. The Bertz CT molecular complexity index is 446. The predicted molar refractivity (Wildman–Crippen MR) is 83.3 cm³/mol. The van der Waals surface area contributed by atoms with Crippen molar-refractivity contribution in [1.29, 1.82) is 0 Å². The number of rotatable bonds is 8. The van der Waals surface area contributed by atoms with Crippen molar-refractivity contribution < 1.29 is 9.66 Å². The van der Waals surface area contributed by atoms with Crippen LogP contribution in [0.15, 0.2) is 12.1 Å². The number of anilines is 2. The van der Waals surface area contributed by atoms with Gasteiger partial charge in [-0.1, -0.05) is 11.6 Å². The molecule has 7 nitrogen and oxygen atoms in total. The molecule has 0 aliphatic heterocycles. The number of nitrogens with one attached hydrogen (secondary N) is 2. The molecule has 0 spiro atoms. The van der Waals surface area contributed by atoms with Crippen molar-refractivity contribution in [2.45, 2.75) is 0 Å². The summed E-state index contributed by atoms with van der Waals surface area (Å²) >= 11 is 6.00. The number of ether oxygens (including phenoxy) is 1. The summed E-state index contributed by atoms with van der Waals surface area (Å²) in [6.45, 7) is 1.90. The van der Waals surface area contributed by atoms with Crippen LogP contribution in [0.2, 0.25) is 5.02 Å². The average Bonchev–Trinajstić information content (AvgIpc) is 2.38. The molecule has 0 saturated heterocycles. The van der Waals surface area contributed by atoms with Gasteiger partial charge in [-0.25, -0.2) is 0 Å². The van der Waals surface area contributed by atoms with E-state index in [1.807, 2.05) is 0 Å². The van der Waals surface area contributed by atoms with Crippen LogP contribution < -0.4 is 16.4 Å². The first-order chi connectivity index (χ1) is 9.10. The van der Waals surface area contributed by atoms with Crippen LogP contribution in [-0.4, -0.2) is 38.3 Å². The Hall–Kier alpha value is -1.28. The van der Waals surface area contributed by atoms with Gasteiger partial charge < -0.3 is 21.1 Å². The lowest BCUT2D eigenvalue weighted by Gasteiger charge is -2.12. The molecule has 20 heavy (non-hydrogen) atoms. The first-order valence-electron chi connectivity index (χ1n) is 5.74. The Kier molecular flexibility index (Phi) is 8.98. The van der Waals surface area contributed by atoms with Crippen molar-refractivity contribution in [3.05, 3.63) is 27.3 Å². The largest absolute Gasteiger partial charge is 0.383 e. The van der Waals surface area contributed by atoms with Gasteiger partial charge in [0.2, 0.25) is 0 Å². The summed E-state index contributed by atoms with van der Waals surface area (Å²) in [4.78, 5) is 10.5. The Balaban J connectivity index is 0.00000361. The highest BCUT2D eigenvalue weighted by molar-refractivity contribution is 6.33. The second-order valence-corrected chi connectivity index (χ2v) is 4.15. The number of methoxy groups -OCH3 is 1. The Morgan fingerprint density at radius 2 is 2.00 bits per heavy atom. The third-order valence-electron chi connectivity index (χ3n) is 2.36. The highest BCUT2D eigenvalue weighted by Crippen LogP contribution is 2.34. The molecule has 0 heterocycles. The van der Waals surface area contributed by atoms with Gasteiger partial charge in [0.1, 0.15) is 5.69 Å². The summed E-state index contributed by atoms with van der Waals surface area (Å²) < 4.78 is 4.91. The maximum absolute atomic E-state index is 10.9. The highest BCUT2D eigenvalue weighted by atomic mass is 35.5. The van der Waals surface area contributed by atoms with E-state index in [2.05, 4.69) is 10.6 Å². The van der Waals surface area contributed by atoms with Crippen molar-refractivity contribution in [2.75, 3.05) is 44.0 Å². The van der Waals surface area contributed by atoms with Gasteiger partial charge in [-0.05, 0) is 6.07 Å². The van der Waals surface area contributed by atoms with Crippen LogP contribution in [0.4, 0.5) is 17.1 Å². The minimum atomic E-state index is -0.482. The molecule has 0 aliphatic carbocycles. The average molecular weight is 325 g/mol. The highest BCUT2D eigenvalue weighted by Gasteiger charge is 2.17. The fourth-order valence-corrected chi connectivity index (χ4v) is 1.71. The van der Waals surface area contributed by atoms with Gasteiger partial charge in [0.25, 0.3) is 5.69 Å². The second kappa shape index (κ2) is 9.60. The number of nitro benzene ring substituents is 1. The molecule has 1 rings (SSSR count). The number of hydrogen-bond donors (Lipinski definition) is 3. The van der Waals surface area contributed by atoms with E-state index < -0.39 is 4.92 Å². The zero-order valence-corrected chi connectivity index (χ0v) is 12.6. The number of benzene rings is 1. The summed E-state index contributed by atoms with van der Waals surface area (Å²) in [5.74, 6) is 0. The molecule has 114 valence electrons. The standard InChI is InChI=1S/C11H17ClN4O3.ClH/c1-19-5-4-15-9-7-10(14-3-2-13)11(16(17)18)6-8(9)12;/h6-7,14-15H,2-5,13H2,1H3;1H. The predicted octanol–water partition coefficient (Wildman–Crippen LogP) is 2.10. The SMILES string of the molecule is COCCNc1cc(NCCN)c([N+](=O)[O-])cc1Cl.Cl. The molecular formula is C11H18Cl2N4O3. The van der Waals surface area contributed by atoms with Crippen LogP contribution in [0.3, 0.4) is 0 Å². The normalized spacial score (nSPS) is 9.75. The van der Waals surface area contributed by atoms with Crippen LogP contribution >= 0.6 is 24.0 Å². The van der Waals surface area contributed by atoms with Gasteiger partial charge in [0.05, 0.1) is 22.2 Å². The lowest BCUT2D eigenvalue weighted by molar-refractivity contribution is -0.383. The molecule has 4 N–H and O–H groups in total. The zero-order valence-electron chi connectivity index (χ0n) is 11.0. The summed E-state index contributed by atoms with van der Waals surface area (Å²) in [5, 5.41) is 17.2. The third-order valence-corrected chi connectivity index (χ3v) is 2.68. The summed E-state index contributed by atoms with van der Waals surface area (Å²) in [7, 11) is 1.59. The van der Waals surface area contributed by atoms with E-state index in [0.29, 0.717) is 42.6 Å². The maximum Gasteiger partial charge on any atom is 0.293 e. The molecule has 1 aromatic carbocycles. The van der Waals surface area contributed by atoms with E-state index in [4.69, 9.17) is 22.1 Å². The van der Waals surface area contributed by atoms with Crippen LogP contribution in [0, 0.1) is 10.1 Å². The summed E-state index contributed by atoms with van der Waals surface area (Å²) in [5.41, 5.74) is 6.31. The van der Waals surface area contributed by atoms with Gasteiger partial charge in [-0.3, -0.25) is 10.1 Å². The number of nitrogens with two attached hydrogens (primary N) is 1. The van der Waals surface area contributed by atoms with Crippen molar-refractivity contribution in [3.8, 4) is 0 Å². The number of halogens is 2. The van der Waals surface area contributed by atoms with E-state index in [-0.39, 0.29) is 18.1 Å². The minimum absolute atomic E-state index is 0. The van der Waals surface area contributed by atoms with E-state index in [1.54, 1.807) is 13.2 Å². The summed E-state index contributed by atoms with van der Waals surface area (Å²) in [6, 6.07) is 2.92. The van der Waals surface area contributed by atoms with E-state index in [9.17, 15) is 10.1 Å². The molecule has 0 aromatic heterocycles. The lowest BCUT2D eigenvalue weighted by Crippen LogP contribution is -2.14. The van der Waals surface area contributed by atoms with Crippen LogP contribution in [0.5, 0.6) is 0 Å². The molecule has 0 unspecified atom stereocenters. The second-order valence-electron chi connectivity index (χ2n) is 3.74. The topological polar surface area (TPSA) is 102 Å². The van der Waals surface area contributed by atoms with Gasteiger partial charge >= 0.3 is 0 Å². The van der Waals surface area contributed by atoms with Gasteiger partial charge in [-0.2, -0.15) is 0 Å². The lowest BCUT2D eigenvalue weighted by atomic mass is 10.2. The Labute approximate surface area is 128 Å². The molecule has 0 atom stereocenters. The smallest absolute Gasteiger partial charge is 0.293 e. The third kappa shape index (κ3) is 5.38. The molecule has 0 radical (unpaired) electrons. The fraction of sp³-hybridized carbons (Fsp3) is 0.455. The first-order valence-corrected chi connectivity index (χ1v) is 6.12. The van der Waals surface area contributed by atoms with Gasteiger partial charge in [0.15, 0.2) is 0 Å². The first kappa shape index (κ1) is 18.7. The summed E-state index contributed by atoms with van der Waals surface area (Å²) in [6.07, 6.45) is 0. The minimum Gasteiger partial charge on any atom is -0.383 e. The quantitative estimate of drug-likeness (QED) is 0.384. The Morgan fingerprint density at radius 1 is 1.35 bits per heavy atom. The van der Waals surface area contributed by atoms with Crippen LogP contribution in [0.25, 0.3) is 0 Å². The van der Waals surface area contributed by atoms with E-state index >= 15 is 0 Å².